The zero-order valence-electron chi connectivity index (χ0n) is 9.83. The number of hydrogen-bond donors (Lipinski definition) is 1. The summed E-state index contributed by atoms with van der Waals surface area (Å²) in [7, 11) is 0. The van der Waals surface area contributed by atoms with E-state index in [2.05, 4.69) is 13.8 Å². The van der Waals surface area contributed by atoms with Crippen LogP contribution in [0.1, 0.15) is 39.5 Å². The Balaban J connectivity index is 1.97. The topological polar surface area (TPSA) is 46.3 Å². The summed E-state index contributed by atoms with van der Waals surface area (Å²) < 4.78 is 0. The summed E-state index contributed by atoms with van der Waals surface area (Å²) in [6, 6.07) is 0.319. The van der Waals surface area contributed by atoms with Crippen molar-refractivity contribution in [3.8, 4) is 0 Å². The number of nitrogens with two attached hydrogens (primary N) is 1. The van der Waals surface area contributed by atoms with Crippen LogP contribution >= 0.6 is 0 Å². The first-order chi connectivity index (χ1) is 7.12. The standard InChI is InChI=1S/C12H22N2O/c1-3-12(2)7-10(12)11(15)14-6-4-5-9(14)8-13/h9-10H,3-8,13H2,1-2H3. The third-order valence-electron chi connectivity index (χ3n) is 4.39. The molecule has 1 aliphatic heterocycles. The van der Waals surface area contributed by atoms with Crippen molar-refractivity contribution in [3.63, 3.8) is 0 Å². The molecule has 0 spiro atoms. The summed E-state index contributed by atoms with van der Waals surface area (Å²) in [5, 5.41) is 0. The molecular weight excluding hydrogens is 188 g/mol. The van der Waals surface area contributed by atoms with Gasteiger partial charge in [0.1, 0.15) is 0 Å². The fourth-order valence-electron chi connectivity index (χ4n) is 2.75. The number of carbonyl (C=O) groups is 1. The van der Waals surface area contributed by atoms with Gasteiger partial charge >= 0.3 is 0 Å². The molecule has 0 bridgehead atoms. The van der Waals surface area contributed by atoms with Gasteiger partial charge < -0.3 is 10.6 Å². The Morgan fingerprint density at radius 1 is 1.60 bits per heavy atom. The zero-order valence-corrected chi connectivity index (χ0v) is 9.83. The minimum atomic E-state index is 0.287. The average Bonchev–Trinajstić information content (AvgIpc) is 2.75. The van der Waals surface area contributed by atoms with Crippen LogP contribution in [0.25, 0.3) is 0 Å². The van der Waals surface area contributed by atoms with Gasteiger partial charge in [-0.25, -0.2) is 0 Å². The lowest BCUT2D eigenvalue weighted by Crippen LogP contribution is -2.41. The first-order valence-corrected chi connectivity index (χ1v) is 6.13. The van der Waals surface area contributed by atoms with Crippen LogP contribution in [0.4, 0.5) is 0 Å². The second kappa shape index (κ2) is 3.78. The van der Waals surface area contributed by atoms with Crippen molar-refractivity contribution in [2.75, 3.05) is 13.1 Å². The Bertz CT molecular complexity index is 266. The number of nitrogens with zero attached hydrogens (tertiary/aromatic N) is 1. The van der Waals surface area contributed by atoms with E-state index in [1.54, 1.807) is 0 Å². The molecule has 2 aliphatic rings. The van der Waals surface area contributed by atoms with Crippen LogP contribution in [-0.4, -0.2) is 29.9 Å². The first kappa shape index (κ1) is 10.9. The van der Waals surface area contributed by atoms with Crippen molar-refractivity contribution < 1.29 is 4.79 Å². The number of rotatable bonds is 3. The normalized spacial score (nSPS) is 39.5. The molecule has 2 rings (SSSR count). The Labute approximate surface area is 92.0 Å². The molecule has 3 unspecified atom stereocenters. The molecule has 15 heavy (non-hydrogen) atoms. The van der Waals surface area contributed by atoms with E-state index in [1.165, 1.54) is 0 Å². The van der Waals surface area contributed by atoms with E-state index in [0.29, 0.717) is 23.9 Å². The second-order valence-electron chi connectivity index (χ2n) is 5.33. The van der Waals surface area contributed by atoms with E-state index >= 15 is 0 Å². The maximum absolute atomic E-state index is 12.2. The summed E-state index contributed by atoms with van der Waals surface area (Å²) in [5.41, 5.74) is 5.98. The summed E-state index contributed by atoms with van der Waals surface area (Å²) in [5.74, 6) is 0.655. The van der Waals surface area contributed by atoms with Gasteiger partial charge in [0.05, 0.1) is 0 Å². The molecule has 0 radical (unpaired) electrons. The van der Waals surface area contributed by atoms with Gasteiger partial charge in [-0.2, -0.15) is 0 Å². The quantitative estimate of drug-likeness (QED) is 0.764. The van der Waals surface area contributed by atoms with Gasteiger partial charge in [-0.05, 0) is 31.1 Å². The Kier molecular flexibility index (Phi) is 2.75. The predicted octanol–water partition coefficient (Wildman–Crippen LogP) is 1.37. The molecule has 86 valence electrons. The molecular formula is C12H22N2O. The maximum Gasteiger partial charge on any atom is 0.226 e. The highest BCUT2D eigenvalue weighted by Gasteiger charge is 2.54. The lowest BCUT2D eigenvalue weighted by molar-refractivity contribution is -0.134. The second-order valence-corrected chi connectivity index (χ2v) is 5.33. The van der Waals surface area contributed by atoms with Crippen LogP contribution in [0.5, 0.6) is 0 Å². The SMILES string of the molecule is CCC1(C)CC1C(=O)N1CCCC1CN. The third-order valence-corrected chi connectivity index (χ3v) is 4.39. The molecule has 1 saturated carbocycles. The van der Waals surface area contributed by atoms with Crippen LogP contribution in [0.2, 0.25) is 0 Å². The van der Waals surface area contributed by atoms with Gasteiger partial charge in [-0.3, -0.25) is 4.79 Å². The summed E-state index contributed by atoms with van der Waals surface area (Å²) in [6.07, 6.45) is 4.42. The lowest BCUT2D eigenvalue weighted by Gasteiger charge is -2.24. The van der Waals surface area contributed by atoms with Crippen molar-refractivity contribution in [3.05, 3.63) is 0 Å². The van der Waals surface area contributed by atoms with E-state index in [1.807, 2.05) is 4.90 Å². The summed E-state index contributed by atoms with van der Waals surface area (Å²) in [4.78, 5) is 14.3. The Morgan fingerprint density at radius 3 is 2.87 bits per heavy atom. The van der Waals surface area contributed by atoms with Crippen LogP contribution in [0.3, 0.4) is 0 Å². The third kappa shape index (κ3) is 1.78. The van der Waals surface area contributed by atoms with E-state index in [0.717, 1.165) is 32.2 Å². The number of hydrogen-bond acceptors (Lipinski definition) is 2. The smallest absolute Gasteiger partial charge is 0.226 e. The number of likely N-dealkylation sites (tertiary alicyclic amines) is 1. The van der Waals surface area contributed by atoms with E-state index in [4.69, 9.17) is 5.73 Å². The fraction of sp³-hybridized carbons (Fsp3) is 0.917. The highest BCUT2D eigenvalue weighted by molar-refractivity contribution is 5.83. The molecule has 1 amide bonds. The molecule has 3 atom stereocenters. The van der Waals surface area contributed by atoms with Crippen molar-refractivity contribution in [1.82, 2.24) is 4.90 Å². The van der Waals surface area contributed by atoms with E-state index in [-0.39, 0.29) is 5.92 Å². The van der Waals surface area contributed by atoms with Crippen LogP contribution in [0.15, 0.2) is 0 Å². The van der Waals surface area contributed by atoms with Gasteiger partial charge in [0.25, 0.3) is 0 Å². The Morgan fingerprint density at radius 2 is 2.33 bits per heavy atom. The van der Waals surface area contributed by atoms with E-state index in [9.17, 15) is 4.79 Å². The van der Waals surface area contributed by atoms with Crippen molar-refractivity contribution >= 4 is 5.91 Å². The van der Waals surface area contributed by atoms with Gasteiger partial charge in [-0.1, -0.05) is 13.8 Å². The highest BCUT2D eigenvalue weighted by Crippen LogP contribution is 2.55. The van der Waals surface area contributed by atoms with Crippen LogP contribution in [-0.2, 0) is 4.79 Å². The molecule has 2 fully saturated rings. The van der Waals surface area contributed by atoms with Crippen LogP contribution in [0, 0.1) is 11.3 Å². The van der Waals surface area contributed by atoms with Gasteiger partial charge in [0.2, 0.25) is 5.91 Å². The minimum Gasteiger partial charge on any atom is -0.338 e. The molecule has 0 aromatic heterocycles. The minimum absolute atomic E-state index is 0.287. The van der Waals surface area contributed by atoms with Crippen molar-refractivity contribution in [2.24, 2.45) is 17.1 Å². The van der Waals surface area contributed by atoms with Gasteiger partial charge in [0, 0.05) is 25.0 Å². The van der Waals surface area contributed by atoms with E-state index < -0.39 is 0 Å². The number of carbonyl (C=O) groups excluding carboxylic acids is 1. The highest BCUT2D eigenvalue weighted by atomic mass is 16.2. The molecule has 3 nitrogen and oxygen atoms in total. The van der Waals surface area contributed by atoms with Crippen LogP contribution < -0.4 is 5.73 Å². The molecule has 0 aromatic carbocycles. The Hall–Kier alpha value is -0.570. The molecule has 2 N–H and O–H groups in total. The average molecular weight is 210 g/mol. The first-order valence-electron chi connectivity index (χ1n) is 6.13. The van der Waals surface area contributed by atoms with Crippen molar-refractivity contribution in [1.29, 1.82) is 0 Å². The summed E-state index contributed by atoms with van der Waals surface area (Å²) in [6.45, 7) is 5.96. The monoisotopic (exact) mass is 210 g/mol. The molecule has 1 saturated heterocycles. The van der Waals surface area contributed by atoms with Gasteiger partial charge in [0.15, 0.2) is 0 Å². The molecule has 3 heteroatoms. The lowest BCUT2D eigenvalue weighted by atomic mass is 10.0. The molecule has 1 heterocycles. The van der Waals surface area contributed by atoms with Gasteiger partial charge in [-0.15, -0.1) is 0 Å². The largest absolute Gasteiger partial charge is 0.338 e. The van der Waals surface area contributed by atoms with Crippen molar-refractivity contribution in [2.45, 2.75) is 45.6 Å². The number of amides is 1. The molecule has 1 aliphatic carbocycles. The summed E-state index contributed by atoms with van der Waals surface area (Å²) >= 11 is 0. The predicted molar refractivity (Wildman–Crippen MR) is 60.3 cm³/mol. The maximum atomic E-state index is 12.2. The molecule has 0 aromatic rings. The fourth-order valence-corrected chi connectivity index (χ4v) is 2.75. The zero-order chi connectivity index (χ0) is 11.1.